The van der Waals surface area contributed by atoms with Crippen LogP contribution < -0.4 is 20.2 Å². The molecule has 0 bridgehead atoms. The van der Waals surface area contributed by atoms with Crippen LogP contribution in [-0.2, 0) is 9.59 Å². The van der Waals surface area contributed by atoms with E-state index in [9.17, 15) is 9.59 Å². The van der Waals surface area contributed by atoms with Crippen LogP contribution in [0, 0.1) is 0 Å². The average Bonchev–Trinajstić information content (AvgIpc) is 2.61. The molecule has 7 nitrogen and oxygen atoms in total. The first-order valence-corrected chi connectivity index (χ1v) is 7.94. The van der Waals surface area contributed by atoms with Crippen molar-refractivity contribution >= 4 is 39.6 Å². The Bertz CT molecular complexity index is 808. The molecule has 8 heteroatoms. The van der Waals surface area contributed by atoms with Crippen molar-refractivity contribution in [2.24, 2.45) is 5.10 Å². The second kappa shape index (κ2) is 8.84. The third-order valence-electron chi connectivity index (χ3n) is 3.08. The van der Waals surface area contributed by atoms with Crippen molar-refractivity contribution < 1.29 is 19.1 Å². The first-order valence-electron chi connectivity index (χ1n) is 7.15. The summed E-state index contributed by atoms with van der Waals surface area (Å²) in [5, 5.41) is 6.23. The number of benzene rings is 2. The number of nitrogens with zero attached hydrogens (tertiary/aromatic N) is 1. The molecule has 2 aromatic rings. The van der Waals surface area contributed by atoms with Crippen LogP contribution in [0.5, 0.6) is 11.5 Å². The number of nitrogens with one attached hydrogen (secondary N) is 2. The van der Waals surface area contributed by atoms with Crippen molar-refractivity contribution in [2.75, 3.05) is 19.5 Å². The van der Waals surface area contributed by atoms with Gasteiger partial charge in [-0.2, -0.15) is 5.10 Å². The number of methoxy groups -OCH3 is 2. The lowest BCUT2D eigenvalue weighted by molar-refractivity contribution is -0.136. The Morgan fingerprint density at radius 2 is 1.80 bits per heavy atom. The van der Waals surface area contributed by atoms with Gasteiger partial charge in [0, 0.05) is 10.2 Å². The van der Waals surface area contributed by atoms with Crippen molar-refractivity contribution in [3.05, 3.63) is 52.5 Å². The highest BCUT2D eigenvalue weighted by Gasteiger charge is 2.12. The zero-order chi connectivity index (χ0) is 18.2. The van der Waals surface area contributed by atoms with Crippen molar-refractivity contribution in [3.63, 3.8) is 0 Å². The average molecular weight is 406 g/mol. The number of hydrogen-bond acceptors (Lipinski definition) is 5. The highest BCUT2D eigenvalue weighted by atomic mass is 79.9. The van der Waals surface area contributed by atoms with Gasteiger partial charge in [0.15, 0.2) is 11.5 Å². The number of carbonyl (C=O) groups excluding carboxylic acids is 2. The van der Waals surface area contributed by atoms with Crippen LogP contribution in [0.15, 0.2) is 52.0 Å². The van der Waals surface area contributed by atoms with Crippen LogP contribution in [0.1, 0.15) is 5.56 Å². The number of ether oxygens (including phenoxy) is 2. The van der Waals surface area contributed by atoms with E-state index in [0.717, 1.165) is 4.47 Å². The molecule has 0 unspecified atom stereocenters. The maximum Gasteiger partial charge on any atom is 0.329 e. The molecule has 0 aromatic heterocycles. The second-order valence-corrected chi connectivity index (χ2v) is 5.69. The summed E-state index contributed by atoms with van der Waals surface area (Å²) in [6.45, 7) is 0. The van der Waals surface area contributed by atoms with Gasteiger partial charge >= 0.3 is 11.8 Å². The smallest absolute Gasteiger partial charge is 0.329 e. The lowest BCUT2D eigenvalue weighted by atomic mass is 10.2. The Kier molecular flexibility index (Phi) is 6.53. The Hall–Kier alpha value is -2.87. The van der Waals surface area contributed by atoms with Gasteiger partial charge in [0.2, 0.25) is 0 Å². The van der Waals surface area contributed by atoms with Gasteiger partial charge in [0.25, 0.3) is 0 Å². The van der Waals surface area contributed by atoms with Gasteiger partial charge in [-0.15, -0.1) is 0 Å². The number of anilines is 1. The maximum absolute atomic E-state index is 11.8. The number of carbonyl (C=O) groups is 2. The molecule has 2 amide bonds. The lowest BCUT2D eigenvalue weighted by Gasteiger charge is -2.07. The SMILES string of the molecule is COc1ccc(/C=N\NC(=O)C(=O)Nc2cccc(Br)c2)cc1OC. The van der Waals surface area contributed by atoms with Gasteiger partial charge in [-0.05, 0) is 42.0 Å². The first-order chi connectivity index (χ1) is 12.0. The molecule has 0 saturated heterocycles. The van der Waals surface area contributed by atoms with Gasteiger partial charge in [0.1, 0.15) is 0 Å². The Morgan fingerprint density at radius 1 is 1.04 bits per heavy atom. The highest BCUT2D eigenvalue weighted by molar-refractivity contribution is 9.10. The van der Waals surface area contributed by atoms with Crippen molar-refractivity contribution in [1.29, 1.82) is 0 Å². The molecule has 2 N–H and O–H groups in total. The molecular formula is C17H16BrN3O4. The summed E-state index contributed by atoms with van der Waals surface area (Å²) in [7, 11) is 3.06. The van der Waals surface area contributed by atoms with Crippen molar-refractivity contribution in [1.82, 2.24) is 5.43 Å². The summed E-state index contributed by atoms with van der Waals surface area (Å²) in [4.78, 5) is 23.6. The van der Waals surface area contributed by atoms with Crippen LogP contribution in [0.2, 0.25) is 0 Å². The monoisotopic (exact) mass is 405 g/mol. The third-order valence-corrected chi connectivity index (χ3v) is 3.57. The lowest BCUT2D eigenvalue weighted by Crippen LogP contribution is -2.32. The van der Waals surface area contributed by atoms with E-state index in [1.165, 1.54) is 20.4 Å². The molecule has 0 radical (unpaired) electrons. The number of amides is 2. The van der Waals surface area contributed by atoms with E-state index < -0.39 is 11.8 Å². The number of halogens is 1. The van der Waals surface area contributed by atoms with E-state index in [1.807, 2.05) is 6.07 Å². The van der Waals surface area contributed by atoms with Gasteiger partial charge < -0.3 is 14.8 Å². The minimum absolute atomic E-state index is 0.499. The molecule has 25 heavy (non-hydrogen) atoms. The van der Waals surface area contributed by atoms with Crippen LogP contribution in [0.25, 0.3) is 0 Å². The molecule has 130 valence electrons. The topological polar surface area (TPSA) is 89.0 Å². The molecule has 0 saturated carbocycles. The minimum atomic E-state index is -0.878. The van der Waals surface area contributed by atoms with E-state index in [1.54, 1.807) is 36.4 Å². The molecule has 0 aliphatic rings. The predicted molar refractivity (Wildman–Crippen MR) is 98.1 cm³/mol. The molecule has 0 aliphatic carbocycles. The summed E-state index contributed by atoms with van der Waals surface area (Å²) in [6, 6.07) is 12.0. The minimum Gasteiger partial charge on any atom is -0.493 e. The van der Waals surface area contributed by atoms with E-state index >= 15 is 0 Å². The van der Waals surface area contributed by atoms with Crippen LogP contribution >= 0.6 is 15.9 Å². The van der Waals surface area contributed by atoms with E-state index in [2.05, 4.69) is 31.8 Å². The fraction of sp³-hybridized carbons (Fsp3) is 0.118. The molecule has 0 fully saturated rings. The second-order valence-electron chi connectivity index (χ2n) is 4.78. The van der Waals surface area contributed by atoms with Crippen LogP contribution in [-0.4, -0.2) is 32.2 Å². The largest absolute Gasteiger partial charge is 0.493 e. The maximum atomic E-state index is 11.8. The zero-order valence-electron chi connectivity index (χ0n) is 13.6. The first kappa shape index (κ1) is 18.5. The summed E-state index contributed by atoms with van der Waals surface area (Å²) >= 11 is 3.28. The van der Waals surface area contributed by atoms with Crippen molar-refractivity contribution in [2.45, 2.75) is 0 Å². The Morgan fingerprint density at radius 3 is 2.48 bits per heavy atom. The molecule has 0 atom stereocenters. The van der Waals surface area contributed by atoms with Crippen LogP contribution in [0.3, 0.4) is 0 Å². The standard InChI is InChI=1S/C17H16BrN3O4/c1-24-14-7-6-11(8-15(14)25-2)10-19-21-17(23)16(22)20-13-5-3-4-12(18)9-13/h3-10H,1-2H3,(H,20,22)(H,21,23)/b19-10-. The molecule has 0 aliphatic heterocycles. The Balaban J connectivity index is 1.94. The molecule has 0 spiro atoms. The van der Waals surface area contributed by atoms with Gasteiger partial charge in [-0.3, -0.25) is 9.59 Å². The third kappa shape index (κ3) is 5.32. The zero-order valence-corrected chi connectivity index (χ0v) is 15.2. The summed E-state index contributed by atoms with van der Waals surface area (Å²) in [5.41, 5.74) is 3.34. The quantitative estimate of drug-likeness (QED) is 0.454. The van der Waals surface area contributed by atoms with Crippen molar-refractivity contribution in [3.8, 4) is 11.5 Å². The molecule has 0 heterocycles. The van der Waals surface area contributed by atoms with Gasteiger partial charge in [-0.1, -0.05) is 22.0 Å². The summed E-state index contributed by atoms with van der Waals surface area (Å²) in [6.07, 6.45) is 1.40. The fourth-order valence-corrected chi connectivity index (χ4v) is 2.30. The van der Waals surface area contributed by atoms with Gasteiger partial charge in [0.05, 0.1) is 20.4 Å². The summed E-state index contributed by atoms with van der Waals surface area (Å²) < 4.78 is 11.1. The van der Waals surface area contributed by atoms with Crippen LogP contribution in [0.4, 0.5) is 5.69 Å². The molecule has 2 aromatic carbocycles. The molecule has 2 rings (SSSR count). The predicted octanol–water partition coefficient (Wildman–Crippen LogP) is 2.56. The highest BCUT2D eigenvalue weighted by Crippen LogP contribution is 2.26. The summed E-state index contributed by atoms with van der Waals surface area (Å²) in [5.74, 6) is -0.582. The number of hydrogen-bond donors (Lipinski definition) is 2. The number of rotatable bonds is 5. The van der Waals surface area contributed by atoms with Gasteiger partial charge in [-0.25, -0.2) is 5.43 Å². The number of hydrazone groups is 1. The fourth-order valence-electron chi connectivity index (χ4n) is 1.90. The van der Waals surface area contributed by atoms with E-state index in [4.69, 9.17) is 9.47 Å². The van der Waals surface area contributed by atoms with E-state index in [0.29, 0.717) is 22.7 Å². The Labute approximate surface area is 153 Å². The van der Waals surface area contributed by atoms with E-state index in [-0.39, 0.29) is 0 Å². The normalized spacial score (nSPS) is 10.4. The molecular weight excluding hydrogens is 390 g/mol.